The van der Waals surface area contributed by atoms with Crippen LogP contribution in [-0.4, -0.2) is 63.2 Å². The van der Waals surface area contributed by atoms with Crippen LogP contribution in [0.5, 0.6) is 0 Å². The molecule has 0 unspecified atom stereocenters. The third-order valence-electron chi connectivity index (χ3n) is 6.50. The van der Waals surface area contributed by atoms with E-state index in [1.54, 1.807) is 54.5 Å². The number of benzene rings is 1. The second-order valence-electron chi connectivity index (χ2n) is 12.1. The van der Waals surface area contributed by atoms with Crippen molar-refractivity contribution in [1.29, 1.82) is 0 Å². The molecule has 0 bridgehead atoms. The molecule has 3 amide bonds. The van der Waals surface area contributed by atoms with Crippen molar-refractivity contribution in [2.75, 3.05) is 6.54 Å². The Labute approximate surface area is 233 Å². The van der Waals surface area contributed by atoms with Gasteiger partial charge >= 0.3 is 6.09 Å². The van der Waals surface area contributed by atoms with Crippen molar-refractivity contribution in [2.24, 2.45) is 5.41 Å². The van der Waals surface area contributed by atoms with Gasteiger partial charge in [-0.15, -0.1) is 0 Å². The standard InChI is InChI=1S/C29H38F2N4O5/c1-16(17-11-12-21(32-14-17)23-19(30)9-8-10-20(23)31)33-25(37)22-13-18(36)15-35(22)26(38)24(28(2,3)4)34-27(39)40-29(5,6)7/h8-12,14,16,18,22,24,36H,13,15H2,1-7H3,(H,33,37)(H,34,39)/t16-,18+,22-,24+/m0/s1. The lowest BCUT2D eigenvalue weighted by Crippen LogP contribution is -2.58. The summed E-state index contributed by atoms with van der Waals surface area (Å²) in [7, 11) is 0. The van der Waals surface area contributed by atoms with Crippen LogP contribution >= 0.6 is 0 Å². The minimum atomic E-state index is -1.02. The molecule has 1 aromatic heterocycles. The van der Waals surface area contributed by atoms with Crippen LogP contribution in [0.4, 0.5) is 13.6 Å². The van der Waals surface area contributed by atoms with Gasteiger partial charge in [-0.2, -0.15) is 0 Å². The molecule has 0 radical (unpaired) electrons. The Morgan fingerprint density at radius 2 is 1.68 bits per heavy atom. The smallest absolute Gasteiger partial charge is 0.408 e. The van der Waals surface area contributed by atoms with Crippen LogP contribution in [0, 0.1) is 17.0 Å². The highest BCUT2D eigenvalue weighted by Crippen LogP contribution is 2.28. The van der Waals surface area contributed by atoms with Gasteiger partial charge in [0, 0.05) is 19.2 Å². The molecular weight excluding hydrogens is 522 g/mol. The zero-order valence-corrected chi connectivity index (χ0v) is 23.9. The Balaban J connectivity index is 1.74. The maximum Gasteiger partial charge on any atom is 0.408 e. The summed E-state index contributed by atoms with van der Waals surface area (Å²) in [5.41, 5.74) is -1.05. The predicted molar refractivity (Wildman–Crippen MR) is 145 cm³/mol. The van der Waals surface area contributed by atoms with Crippen molar-refractivity contribution in [2.45, 2.75) is 84.7 Å². The Bertz CT molecular complexity index is 1220. The first-order valence-corrected chi connectivity index (χ1v) is 13.2. The first-order valence-electron chi connectivity index (χ1n) is 13.2. The van der Waals surface area contributed by atoms with E-state index in [1.807, 2.05) is 0 Å². The molecule has 3 N–H and O–H groups in total. The molecule has 0 spiro atoms. The summed E-state index contributed by atoms with van der Waals surface area (Å²) in [6, 6.07) is 4.07. The van der Waals surface area contributed by atoms with Gasteiger partial charge in [0.15, 0.2) is 0 Å². The molecule has 0 saturated carbocycles. The highest BCUT2D eigenvalue weighted by Gasteiger charge is 2.45. The van der Waals surface area contributed by atoms with Crippen LogP contribution in [0.3, 0.4) is 0 Å². The number of aliphatic hydroxyl groups excluding tert-OH is 1. The number of carbonyl (C=O) groups is 3. The van der Waals surface area contributed by atoms with Crippen LogP contribution in [0.15, 0.2) is 36.5 Å². The summed E-state index contributed by atoms with van der Waals surface area (Å²) >= 11 is 0. The minimum absolute atomic E-state index is 0.0251. The highest BCUT2D eigenvalue weighted by atomic mass is 19.1. The molecule has 0 aliphatic carbocycles. The van der Waals surface area contributed by atoms with Gasteiger partial charge in [-0.05, 0) is 56.9 Å². The van der Waals surface area contributed by atoms with Crippen molar-refractivity contribution in [3.05, 3.63) is 53.7 Å². The second kappa shape index (κ2) is 11.9. The molecule has 2 aromatic rings. The minimum Gasteiger partial charge on any atom is -0.444 e. The molecule has 218 valence electrons. The number of alkyl carbamates (subject to hydrolysis) is 1. The van der Waals surface area contributed by atoms with Crippen molar-refractivity contribution >= 4 is 17.9 Å². The number of nitrogens with one attached hydrogen (secondary N) is 2. The van der Waals surface area contributed by atoms with Gasteiger partial charge in [0.1, 0.15) is 29.3 Å². The van der Waals surface area contributed by atoms with Gasteiger partial charge in [0.05, 0.1) is 23.4 Å². The first-order chi connectivity index (χ1) is 18.5. The Hall–Kier alpha value is -3.60. The van der Waals surface area contributed by atoms with Crippen LogP contribution in [-0.2, 0) is 14.3 Å². The van der Waals surface area contributed by atoms with Crippen LogP contribution < -0.4 is 10.6 Å². The molecule has 1 fully saturated rings. The molecule has 4 atom stereocenters. The molecule has 1 aliphatic rings. The van der Waals surface area contributed by atoms with Gasteiger partial charge in [-0.1, -0.05) is 32.9 Å². The number of amides is 3. The number of aromatic nitrogens is 1. The number of nitrogens with zero attached hydrogens (tertiary/aromatic N) is 2. The quantitative estimate of drug-likeness (QED) is 0.489. The van der Waals surface area contributed by atoms with E-state index in [1.165, 1.54) is 23.2 Å². The SMILES string of the molecule is C[C@H](NC(=O)[C@@H]1C[C@@H](O)CN1C(=O)[C@@H](NC(=O)OC(C)(C)C)C(C)(C)C)c1ccc(-c2c(F)cccc2F)nc1. The van der Waals surface area contributed by atoms with Gasteiger partial charge in [-0.3, -0.25) is 14.6 Å². The van der Waals surface area contributed by atoms with E-state index in [-0.39, 0.29) is 24.2 Å². The maximum atomic E-state index is 14.1. The third-order valence-corrected chi connectivity index (χ3v) is 6.50. The van der Waals surface area contributed by atoms with Crippen LogP contribution in [0.1, 0.15) is 66.5 Å². The average molecular weight is 561 g/mol. The topological polar surface area (TPSA) is 121 Å². The number of ether oxygens (including phenoxy) is 1. The number of hydrogen-bond acceptors (Lipinski definition) is 6. The monoisotopic (exact) mass is 560 g/mol. The molecule has 3 rings (SSSR count). The van der Waals surface area contributed by atoms with Crippen molar-refractivity contribution in [3.8, 4) is 11.3 Å². The van der Waals surface area contributed by atoms with Crippen LogP contribution in [0.25, 0.3) is 11.3 Å². The summed E-state index contributed by atoms with van der Waals surface area (Å²) in [4.78, 5) is 44.9. The van der Waals surface area contributed by atoms with E-state index in [4.69, 9.17) is 4.74 Å². The number of rotatable bonds is 6. The van der Waals surface area contributed by atoms with E-state index >= 15 is 0 Å². The summed E-state index contributed by atoms with van der Waals surface area (Å²) in [6.07, 6.45) is -0.244. The highest BCUT2D eigenvalue weighted by molar-refractivity contribution is 5.92. The Morgan fingerprint density at radius 1 is 1.05 bits per heavy atom. The summed E-state index contributed by atoms with van der Waals surface area (Å²) < 4.78 is 33.6. The molecule has 1 aromatic carbocycles. The molecule has 11 heteroatoms. The lowest BCUT2D eigenvalue weighted by Gasteiger charge is -2.35. The average Bonchev–Trinajstić information content (AvgIpc) is 3.22. The van der Waals surface area contributed by atoms with Crippen molar-refractivity contribution in [3.63, 3.8) is 0 Å². The van der Waals surface area contributed by atoms with E-state index in [2.05, 4.69) is 15.6 Å². The normalized spacial score (nSPS) is 19.1. The van der Waals surface area contributed by atoms with Crippen molar-refractivity contribution in [1.82, 2.24) is 20.5 Å². The van der Waals surface area contributed by atoms with E-state index in [9.17, 15) is 28.3 Å². The maximum absolute atomic E-state index is 14.1. The molecular formula is C29H38F2N4O5. The molecule has 9 nitrogen and oxygen atoms in total. The Kier molecular flexibility index (Phi) is 9.18. The number of pyridine rings is 1. The van der Waals surface area contributed by atoms with Crippen LogP contribution in [0.2, 0.25) is 0 Å². The number of hydrogen-bond donors (Lipinski definition) is 3. The molecule has 1 aliphatic heterocycles. The zero-order valence-electron chi connectivity index (χ0n) is 23.9. The number of likely N-dealkylation sites (tertiary alicyclic amines) is 1. The summed E-state index contributed by atoms with van der Waals surface area (Å²) in [6.45, 7) is 12.1. The summed E-state index contributed by atoms with van der Waals surface area (Å²) in [5.74, 6) is -2.48. The van der Waals surface area contributed by atoms with E-state index in [0.29, 0.717) is 5.56 Å². The first kappa shape index (κ1) is 30.9. The summed E-state index contributed by atoms with van der Waals surface area (Å²) in [5, 5.41) is 15.8. The van der Waals surface area contributed by atoms with Gasteiger partial charge in [0.25, 0.3) is 0 Å². The van der Waals surface area contributed by atoms with Crippen molar-refractivity contribution < 1.29 is 33.0 Å². The van der Waals surface area contributed by atoms with Gasteiger partial charge < -0.3 is 25.4 Å². The predicted octanol–water partition coefficient (Wildman–Crippen LogP) is 4.11. The Morgan fingerprint density at radius 3 is 2.20 bits per heavy atom. The largest absolute Gasteiger partial charge is 0.444 e. The molecule has 40 heavy (non-hydrogen) atoms. The van der Waals surface area contributed by atoms with Gasteiger partial charge in [0.2, 0.25) is 11.8 Å². The zero-order chi connectivity index (χ0) is 30.0. The molecule has 2 heterocycles. The fourth-order valence-electron chi connectivity index (χ4n) is 4.49. The molecule has 1 saturated heterocycles. The van der Waals surface area contributed by atoms with E-state index in [0.717, 1.165) is 12.1 Å². The fraction of sp³-hybridized carbons (Fsp3) is 0.517. The number of carbonyl (C=O) groups excluding carboxylic acids is 3. The lowest BCUT2D eigenvalue weighted by atomic mass is 9.85. The fourth-order valence-corrected chi connectivity index (χ4v) is 4.49. The number of halogens is 2. The third kappa shape index (κ3) is 7.53. The lowest BCUT2D eigenvalue weighted by molar-refractivity contribution is -0.142. The second-order valence-corrected chi connectivity index (χ2v) is 12.1. The number of β-amino-alcohol motifs (C(OH)–C–C–N with tert-alkyl or cyclic N) is 1. The van der Waals surface area contributed by atoms with E-state index < -0.39 is 64.8 Å². The van der Waals surface area contributed by atoms with Gasteiger partial charge in [-0.25, -0.2) is 13.6 Å². The number of aliphatic hydroxyl groups is 1.